The van der Waals surface area contributed by atoms with E-state index in [1.165, 1.54) is 6.92 Å². The van der Waals surface area contributed by atoms with Crippen molar-refractivity contribution in [1.29, 1.82) is 0 Å². The van der Waals surface area contributed by atoms with Crippen LogP contribution in [0.15, 0.2) is 0 Å². The smallest absolute Gasteiger partial charge is 0.343 e. The molecule has 0 aromatic heterocycles. The number of aliphatic hydroxyl groups excluding tert-OH is 1. The minimum absolute atomic E-state index is 0.169. The lowest BCUT2D eigenvalue weighted by Gasteiger charge is -2.48. The number of carbonyl (C=O) groups is 4. The normalized spacial score (nSPS) is 49.8. The fourth-order valence-corrected chi connectivity index (χ4v) is 8.97. The summed E-state index contributed by atoms with van der Waals surface area (Å²) in [7, 11) is 0. The number of hydrogen-bond donors (Lipinski definition) is 4. The Morgan fingerprint density at radius 1 is 1.10 bits per heavy atom. The molecule has 40 heavy (non-hydrogen) atoms. The second-order valence-corrected chi connectivity index (χ2v) is 12.7. The number of morpholine rings is 1. The molecule has 11 atom stereocenters. The molecule has 7 rings (SSSR count). The van der Waals surface area contributed by atoms with E-state index in [0.717, 1.165) is 26.3 Å². The van der Waals surface area contributed by atoms with Crippen LogP contribution in [-0.2, 0) is 47.6 Å². The molecule has 0 radical (unpaired) electrons. The highest BCUT2D eigenvalue weighted by atomic mass is 16.8. The van der Waals surface area contributed by atoms with Crippen molar-refractivity contribution in [3.8, 4) is 0 Å². The highest BCUT2D eigenvalue weighted by molar-refractivity contribution is 5.94. The Morgan fingerprint density at radius 3 is 2.33 bits per heavy atom. The van der Waals surface area contributed by atoms with E-state index >= 15 is 0 Å². The highest BCUT2D eigenvalue weighted by Crippen LogP contribution is 2.84. The molecule has 0 amide bonds. The van der Waals surface area contributed by atoms with Gasteiger partial charge < -0.3 is 49.1 Å². The molecule has 0 bridgehead atoms. The summed E-state index contributed by atoms with van der Waals surface area (Å²) in [5.74, 6) is -5.84. The van der Waals surface area contributed by atoms with Crippen LogP contribution >= 0.6 is 0 Å². The van der Waals surface area contributed by atoms with Gasteiger partial charge in [-0.3, -0.25) is 4.79 Å². The summed E-state index contributed by atoms with van der Waals surface area (Å²) in [5.41, 5.74) is -8.62. The third-order valence-corrected chi connectivity index (χ3v) is 10.2. The lowest BCUT2D eigenvalue weighted by atomic mass is 9.51. The molecule has 14 heteroatoms. The molecule has 5 saturated heterocycles. The van der Waals surface area contributed by atoms with Crippen molar-refractivity contribution in [2.45, 2.75) is 76.0 Å². The van der Waals surface area contributed by atoms with Crippen molar-refractivity contribution in [2.75, 3.05) is 32.9 Å². The molecule has 0 aromatic carbocycles. The van der Waals surface area contributed by atoms with E-state index in [2.05, 4.69) is 5.32 Å². The van der Waals surface area contributed by atoms with Gasteiger partial charge in [0.05, 0.1) is 30.0 Å². The number of aliphatic carboxylic acids is 1. The van der Waals surface area contributed by atoms with Gasteiger partial charge in [-0.2, -0.15) is 0 Å². The Bertz CT molecular complexity index is 1140. The summed E-state index contributed by atoms with van der Waals surface area (Å²) in [4.78, 5) is 50.5. The van der Waals surface area contributed by atoms with Crippen LogP contribution in [0.1, 0.15) is 34.1 Å². The zero-order valence-corrected chi connectivity index (χ0v) is 22.7. The number of carbonyl (C=O) groups excluding carboxylic acids is 3. The molecular formula is C26H35NO13. The van der Waals surface area contributed by atoms with Gasteiger partial charge in [-0.1, -0.05) is 20.8 Å². The summed E-state index contributed by atoms with van der Waals surface area (Å²) in [6.07, 6.45) is -7.08. The maximum absolute atomic E-state index is 13.6. The molecule has 7 fully saturated rings. The van der Waals surface area contributed by atoms with Gasteiger partial charge in [-0.25, -0.2) is 14.4 Å². The van der Waals surface area contributed by atoms with Crippen LogP contribution < -0.4 is 5.32 Å². The predicted molar refractivity (Wildman–Crippen MR) is 127 cm³/mol. The first kappa shape index (κ1) is 27.8. The SMILES string of the molecule is C1COCCN1.CC1C(=O)O[C@H]2[C@H](O)[C@@]34C5C[C@@H](C(C)(C)C)C36[C@@H](OC(=O)[C@@H]6OCC(=O)O)O[C@@]4(C(=O)O5)[C@@]12O. The topological polar surface area (TPSA) is 196 Å². The summed E-state index contributed by atoms with van der Waals surface area (Å²) in [6, 6.07) is 0. The van der Waals surface area contributed by atoms with Crippen LogP contribution in [0.25, 0.3) is 0 Å². The summed E-state index contributed by atoms with van der Waals surface area (Å²) in [5, 5.41) is 36.3. The second kappa shape index (κ2) is 8.58. The molecule has 5 aliphatic heterocycles. The molecule has 2 aliphatic carbocycles. The van der Waals surface area contributed by atoms with Crippen molar-refractivity contribution in [3.63, 3.8) is 0 Å². The van der Waals surface area contributed by atoms with Gasteiger partial charge in [0.15, 0.2) is 17.8 Å². The van der Waals surface area contributed by atoms with Crippen LogP contribution in [0.2, 0.25) is 0 Å². The standard InChI is InChI=1S/C22H26O12.C4H9NO/c1-7-14(26)32-12-11(25)20-9-5-8(18(2,3)4)19(20)13(30-6-10(23)24)15(27)33-17(19)34-22(20,16(28)31-9)21(7,12)29;1-3-6-4-2-5-1/h7-9,11-13,17,25,29H,5-6H2,1-4H3,(H,23,24);5H,1-4H2/t7?,8-,9?,11-,12-,13-,17-,19?,20-,21+,22+;/m0./s1. The van der Waals surface area contributed by atoms with Crippen molar-refractivity contribution in [2.24, 2.45) is 28.1 Å². The van der Waals surface area contributed by atoms with Crippen LogP contribution in [0, 0.1) is 28.1 Å². The fraction of sp³-hybridized carbons (Fsp3) is 0.846. The minimum atomic E-state index is -2.32. The van der Waals surface area contributed by atoms with Crippen LogP contribution in [0.3, 0.4) is 0 Å². The Morgan fingerprint density at radius 2 is 1.77 bits per heavy atom. The van der Waals surface area contributed by atoms with Gasteiger partial charge in [0.1, 0.15) is 18.8 Å². The number of esters is 3. The molecular weight excluding hydrogens is 534 g/mol. The third kappa shape index (κ3) is 2.84. The lowest BCUT2D eigenvalue weighted by molar-refractivity contribution is -0.240. The van der Waals surface area contributed by atoms with Gasteiger partial charge in [0.25, 0.3) is 0 Å². The summed E-state index contributed by atoms with van der Waals surface area (Å²) in [6.45, 7) is 10.0. The molecule has 3 unspecified atom stereocenters. The van der Waals surface area contributed by atoms with E-state index in [1.807, 2.05) is 20.8 Å². The highest BCUT2D eigenvalue weighted by Gasteiger charge is 3.04. The number of nitrogens with one attached hydrogen (secondary N) is 1. The van der Waals surface area contributed by atoms with Crippen LogP contribution in [0.4, 0.5) is 0 Å². The van der Waals surface area contributed by atoms with Gasteiger partial charge in [-0.05, 0) is 24.7 Å². The molecule has 0 aromatic rings. The van der Waals surface area contributed by atoms with E-state index in [-0.39, 0.29) is 6.42 Å². The van der Waals surface area contributed by atoms with E-state index in [9.17, 15) is 34.5 Å². The van der Waals surface area contributed by atoms with Gasteiger partial charge in [0, 0.05) is 13.1 Å². The molecule has 5 heterocycles. The van der Waals surface area contributed by atoms with Crippen molar-refractivity contribution < 1.29 is 62.9 Å². The van der Waals surface area contributed by atoms with Gasteiger partial charge in [-0.15, -0.1) is 0 Å². The Kier molecular flexibility index (Phi) is 5.96. The number of rotatable bonds is 3. The third-order valence-electron chi connectivity index (χ3n) is 10.2. The maximum atomic E-state index is 13.6. The van der Waals surface area contributed by atoms with E-state index in [0.29, 0.717) is 0 Å². The zero-order valence-electron chi connectivity index (χ0n) is 22.7. The van der Waals surface area contributed by atoms with Crippen LogP contribution in [0.5, 0.6) is 0 Å². The van der Waals surface area contributed by atoms with Crippen molar-refractivity contribution in [1.82, 2.24) is 5.32 Å². The number of carboxylic acid groups (broad SMARTS) is 1. The first-order chi connectivity index (χ1) is 18.7. The Labute approximate surface area is 229 Å². The number of aliphatic hydroxyl groups is 2. The van der Waals surface area contributed by atoms with Gasteiger partial charge >= 0.3 is 23.9 Å². The lowest BCUT2D eigenvalue weighted by Crippen LogP contribution is -2.67. The fourth-order valence-electron chi connectivity index (χ4n) is 8.97. The Hall–Kier alpha value is -2.36. The average Bonchev–Trinajstić information content (AvgIpc) is 3.61. The molecule has 4 N–H and O–H groups in total. The van der Waals surface area contributed by atoms with E-state index < -0.39 is 100 Å². The molecule has 222 valence electrons. The first-order valence-electron chi connectivity index (χ1n) is 13.6. The zero-order chi connectivity index (χ0) is 29.0. The number of carboxylic acids is 1. The average molecular weight is 570 g/mol. The van der Waals surface area contributed by atoms with Gasteiger partial charge in [0.2, 0.25) is 11.9 Å². The molecule has 2 spiro atoms. The van der Waals surface area contributed by atoms with Crippen molar-refractivity contribution >= 4 is 23.9 Å². The van der Waals surface area contributed by atoms with E-state index in [4.69, 9.17) is 28.4 Å². The summed E-state index contributed by atoms with van der Waals surface area (Å²) >= 11 is 0. The maximum Gasteiger partial charge on any atom is 0.343 e. The molecule has 2 saturated carbocycles. The van der Waals surface area contributed by atoms with E-state index in [1.54, 1.807) is 0 Å². The molecule has 7 aliphatic rings. The predicted octanol–water partition coefficient (Wildman–Crippen LogP) is -1.65. The quantitative estimate of drug-likeness (QED) is 0.223. The number of ether oxygens (including phenoxy) is 6. The van der Waals surface area contributed by atoms with Crippen molar-refractivity contribution in [3.05, 3.63) is 0 Å². The minimum Gasteiger partial charge on any atom is -0.480 e. The van der Waals surface area contributed by atoms with Crippen LogP contribution in [-0.4, -0.2) is 114 Å². The number of hydrogen-bond acceptors (Lipinski definition) is 13. The largest absolute Gasteiger partial charge is 0.480 e. The monoisotopic (exact) mass is 569 g/mol. The first-order valence-corrected chi connectivity index (χ1v) is 13.6. The Balaban J connectivity index is 0.000000429. The molecule has 14 nitrogen and oxygen atoms in total. The summed E-state index contributed by atoms with van der Waals surface area (Å²) < 4.78 is 33.5. The number of fused-ring (bicyclic) bond motifs is 1. The second-order valence-electron chi connectivity index (χ2n) is 12.7.